The average molecular weight is 373 g/mol. The molecule has 144 valence electrons. The fourth-order valence-electron chi connectivity index (χ4n) is 4.21. The maximum Gasteiger partial charge on any atom is 0.309 e. The van der Waals surface area contributed by atoms with Crippen LogP contribution in [0.5, 0.6) is 11.5 Å². The molecule has 2 aliphatic carbocycles. The summed E-state index contributed by atoms with van der Waals surface area (Å²) in [5.74, 6) is 0.376. The van der Waals surface area contributed by atoms with Gasteiger partial charge in [-0.05, 0) is 44.7 Å². The maximum atomic E-state index is 12.5. The summed E-state index contributed by atoms with van der Waals surface area (Å²) in [6.07, 6.45) is 2.95. The Balaban J connectivity index is 1.33. The monoisotopic (exact) mass is 373 g/mol. The van der Waals surface area contributed by atoms with E-state index >= 15 is 0 Å². The molecule has 0 aromatic heterocycles. The van der Waals surface area contributed by atoms with Gasteiger partial charge in [-0.3, -0.25) is 14.4 Å². The molecular formula is C20H23NO6. The summed E-state index contributed by atoms with van der Waals surface area (Å²) >= 11 is 0. The summed E-state index contributed by atoms with van der Waals surface area (Å²) in [6.45, 7) is 1.71. The molecule has 7 heteroatoms. The molecule has 0 radical (unpaired) electrons. The number of ketones is 1. The molecule has 1 unspecified atom stereocenters. The highest BCUT2D eigenvalue weighted by atomic mass is 16.7. The van der Waals surface area contributed by atoms with Gasteiger partial charge in [0.2, 0.25) is 6.79 Å². The highest BCUT2D eigenvalue weighted by molar-refractivity contribution is 5.95. The lowest BCUT2D eigenvalue weighted by molar-refractivity contribution is -0.161. The van der Waals surface area contributed by atoms with E-state index in [1.165, 1.54) is 0 Å². The zero-order valence-corrected chi connectivity index (χ0v) is 15.2. The standard InChI is InChI=1S/C20H23NO6/c1-11(19(23)21-15-5-6-16-17(9-15)26-10-25-16)27-20(24)14-7-12-3-2-4-13(8-14)18(12)22/h5-6,9,11-14H,2-4,7-8,10H2,1H3,(H,21,23)/t11-,12-,13+,14?/m1/s1. The molecular weight excluding hydrogens is 350 g/mol. The van der Waals surface area contributed by atoms with Gasteiger partial charge >= 0.3 is 5.97 Å². The molecule has 1 aromatic carbocycles. The second-order valence-corrected chi connectivity index (χ2v) is 7.53. The van der Waals surface area contributed by atoms with Crippen LogP contribution < -0.4 is 14.8 Å². The minimum absolute atomic E-state index is 0.0205. The molecule has 1 heterocycles. The van der Waals surface area contributed by atoms with Crippen LogP contribution in [-0.4, -0.2) is 30.6 Å². The van der Waals surface area contributed by atoms with Gasteiger partial charge in [0.25, 0.3) is 5.91 Å². The Morgan fingerprint density at radius 3 is 2.59 bits per heavy atom. The summed E-state index contributed by atoms with van der Waals surface area (Å²) in [5, 5.41) is 2.72. The van der Waals surface area contributed by atoms with Crippen molar-refractivity contribution in [3.63, 3.8) is 0 Å². The van der Waals surface area contributed by atoms with Gasteiger partial charge in [-0.1, -0.05) is 6.42 Å². The summed E-state index contributed by atoms with van der Waals surface area (Å²) < 4.78 is 15.9. The Hall–Kier alpha value is -2.57. The molecule has 1 aromatic rings. The van der Waals surface area contributed by atoms with Crippen molar-refractivity contribution >= 4 is 23.3 Å². The number of fused-ring (bicyclic) bond motifs is 3. The number of Topliss-reactive ketones (excluding diaryl/α,β-unsaturated/α-hetero) is 1. The van der Waals surface area contributed by atoms with Gasteiger partial charge in [-0.15, -0.1) is 0 Å². The summed E-state index contributed by atoms with van der Waals surface area (Å²) in [6, 6.07) is 5.09. The minimum Gasteiger partial charge on any atom is -0.454 e. The van der Waals surface area contributed by atoms with Crippen molar-refractivity contribution in [2.24, 2.45) is 17.8 Å². The molecule has 27 heavy (non-hydrogen) atoms. The number of hydrogen-bond acceptors (Lipinski definition) is 6. The first-order valence-corrected chi connectivity index (χ1v) is 9.46. The Kier molecular flexibility index (Phi) is 4.76. The molecule has 2 fully saturated rings. The molecule has 0 spiro atoms. The average Bonchev–Trinajstić information content (AvgIpc) is 3.09. The molecule has 4 rings (SSSR count). The van der Waals surface area contributed by atoms with E-state index in [4.69, 9.17) is 14.2 Å². The van der Waals surface area contributed by atoms with E-state index < -0.39 is 12.0 Å². The third kappa shape index (κ3) is 3.63. The zero-order valence-electron chi connectivity index (χ0n) is 15.2. The van der Waals surface area contributed by atoms with Gasteiger partial charge in [-0.2, -0.15) is 0 Å². The van der Waals surface area contributed by atoms with E-state index in [0.29, 0.717) is 35.8 Å². The Morgan fingerprint density at radius 2 is 1.85 bits per heavy atom. The van der Waals surface area contributed by atoms with Crippen LogP contribution in [-0.2, 0) is 19.1 Å². The first-order chi connectivity index (χ1) is 13.0. The van der Waals surface area contributed by atoms with Crippen LogP contribution in [0.25, 0.3) is 0 Å². The number of ether oxygens (including phenoxy) is 3. The number of rotatable bonds is 4. The third-order valence-electron chi connectivity index (χ3n) is 5.68. The van der Waals surface area contributed by atoms with Crippen molar-refractivity contribution in [1.29, 1.82) is 0 Å². The van der Waals surface area contributed by atoms with Gasteiger partial charge in [0.1, 0.15) is 5.78 Å². The van der Waals surface area contributed by atoms with Crippen molar-refractivity contribution in [2.45, 2.75) is 45.1 Å². The van der Waals surface area contributed by atoms with Crippen LogP contribution in [0.15, 0.2) is 18.2 Å². The van der Waals surface area contributed by atoms with Gasteiger partial charge in [0.15, 0.2) is 17.6 Å². The van der Waals surface area contributed by atoms with Crippen molar-refractivity contribution in [2.75, 3.05) is 12.1 Å². The zero-order chi connectivity index (χ0) is 19.0. The predicted molar refractivity (Wildman–Crippen MR) is 95.3 cm³/mol. The van der Waals surface area contributed by atoms with E-state index in [1.54, 1.807) is 25.1 Å². The maximum absolute atomic E-state index is 12.5. The van der Waals surface area contributed by atoms with E-state index in [0.717, 1.165) is 19.3 Å². The molecule has 7 nitrogen and oxygen atoms in total. The van der Waals surface area contributed by atoms with Crippen LogP contribution in [0, 0.1) is 17.8 Å². The lowest BCUT2D eigenvalue weighted by Crippen LogP contribution is -2.41. The number of nitrogens with one attached hydrogen (secondary N) is 1. The van der Waals surface area contributed by atoms with Crippen molar-refractivity contribution in [3.8, 4) is 11.5 Å². The number of benzene rings is 1. The second-order valence-electron chi connectivity index (χ2n) is 7.53. The lowest BCUT2D eigenvalue weighted by atomic mass is 9.67. The molecule has 1 aliphatic heterocycles. The first-order valence-electron chi connectivity index (χ1n) is 9.46. The third-order valence-corrected chi connectivity index (χ3v) is 5.68. The smallest absolute Gasteiger partial charge is 0.309 e. The number of carbonyl (C=O) groups excluding carboxylic acids is 3. The number of anilines is 1. The summed E-state index contributed by atoms with van der Waals surface area (Å²) in [4.78, 5) is 37.0. The van der Waals surface area contributed by atoms with Crippen LogP contribution in [0.2, 0.25) is 0 Å². The van der Waals surface area contributed by atoms with Gasteiger partial charge in [0, 0.05) is 23.6 Å². The minimum atomic E-state index is -0.916. The molecule has 1 N–H and O–H groups in total. The number of carbonyl (C=O) groups is 3. The van der Waals surface area contributed by atoms with Gasteiger partial charge in [0.05, 0.1) is 5.92 Å². The Bertz CT molecular complexity index is 760. The van der Waals surface area contributed by atoms with E-state index in [9.17, 15) is 14.4 Å². The normalized spacial score (nSPS) is 27.0. The number of amides is 1. The fourth-order valence-corrected chi connectivity index (χ4v) is 4.21. The second kappa shape index (κ2) is 7.21. The van der Waals surface area contributed by atoms with Crippen LogP contribution >= 0.6 is 0 Å². The SMILES string of the molecule is C[C@@H](OC(=O)C1C[C@H]2CCC[C@@H](C1)C2=O)C(=O)Nc1ccc2c(c1)OCO2. The molecule has 1 amide bonds. The molecule has 2 saturated carbocycles. The van der Waals surface area contributed by atoms with E-state index in [2.05, 4.69) is 5.32 Å². The highest BCUT2D eigenvalue weighted by Crippen LogP contribution is 2.40. The number of hydrogen-bond donors (Lipinski definition) is 1. The van der Waals surface area contributed by atoms with E-state index in [1.807, 2.05) is 0 Å². The van der Waals surface area contributed by atoms with Crippen LogP contribution in [0.3, 0.4) is 0 Å². The van der Waals surface area contributed by atoms with Crippen LogP contribution in [0.4, 0.5) is 5.69 Å². The quantitative estimate of drug-likeness (QED) is 0.816. The van der Waals surface area contributed by atoms with E-state index in [-0.39, 0.29) is 30.5 Å². The molecule has 4 atom stereocenters. The predicted octanol–water partition coefficient (Wildman–Crippen LogP) is 2.68. The molecule has 3 aliphatic rings. The fraction of sp³-hybridized carbons (Fsp3) is 0.550. The molecule has 2 bridgehead atoms. The Labute approximate surface area is 157 Å². The van der Waals surface area contributed by atoms with Crippen molar-refractivity contribution in [3.05, 3.63) is 18.2 Å². The summed E-state index contributed by atoms with van der Waals surface area (Å²) in [7, 11) is 0. The molecule has 0 saturated heterocycles. The lowest BCUT2D eigenvalue weighted by Gasteiger charge is -2.36. The van der Waals surface area contributed by atoms with Gasteiger partial charge < -0.3 is 19.5 Å². The largest absolute Gasteiger partial charge is 0.454 e. The first kappa shape index (κ1) is 17.8. The Morgan fingerprint density at radius 1 is 1.15 bits per heavy atom. The summed E-state index contributed by atoms with van der Waals surface area (Å²) in [5.41, 5.74) is 0.546. The topological polar surface area (TPSA) is 90.9 Å². The van der Waals surface area contributed by atoms with Crippen LogP contribution in [0.1, 0.15) is 39.0 Å². The highest BCUT2D eigenvalue weighted by Gasteiger charge is 2.42. The van der Waals surface area contributed by atoms with Crippen molar-refractivity contribution in [1.82, 2.24) is 0 Å². The number of esters is 1. The van der Waals surface area contributed by atoms with Crippen molar-refractivity contribution < 1.29 is 28.6 Å². The van der Waals surface area contributed by atoms with Gasteiger partial charge in [-0.25, -0.2) is 0 Å².